The summed E-state index contributed by atoms with van der Waals surface area (Å²) >= 11 is 6.29. The molecule has 4 heteroatoms. The van der Waals surface area contributed by atoms with Gasteiger partial charge in [0.05, 0.1) is 10.3 Å². The molecule has 2 aromatic carbocycles. The zero-order chi connectivity index (χ0) is 13.0. The van der Waals surface area contributed by atoms with Crippen LogP contribution in [0.2, 0.25) is 0 Å². The summed E-state index contributed by atoms with van der Waals surface area (Å²) in [7, 11) is 0. The van der Waals surface area contributed by atoms with E-state index in [2.05, 4.69) is 0 Å². The molecule has 0 saturated heterocycles. The number of nitro benzene ring substituents is 1. The van der Waals surface area contributed by atoms with Crippen molar-refractivity contribution in [3.63, 3.8) is 0 Å². The molecular formula is C14H12ClNO2. The summed E-state index contributed by atoms with van der Waals surface area (Å²) in [6.07, 6.45) is 0.447. The van der Waals surface area contributed by atoms with Gasteiger partial charge in [0.2, 0.25) is 0 Å². The summed E-state index contributed by atoms with van der Waals surface area (Å²) < 4.78 is 0. The van der Waals surface area contributed by atoms with Crippen molar-refractivity contribution < 1.29 is 4.92 Å². The van der Waals surface area contributed by atoms with Gasteiger partial charge in [0.15, 0.2) is 0 Å². The third-order valence-corrected chi connectivity index (χ3v) is 3.15. The molecule has 0 aliphatic carbocycles. The van der Waals surface area contributed by atoms with Crippen LogP contribution in [0, 0.1) is 10.1 Å². The minimum absolute atomic E-state index is 0.124. The fourth-order valence-corrected chi connectivity index (χ4v) is 2.15. The maximum absolute atomic E-state index is 10.9. The molecule has 3 nitrogen and oxygen atoms in total. The Morgan fingerprint density at radius 3 is 2.33 bits per heavy atom. The highest BCUT2D eigenvalue weighted by atomic mass is 35.5. The van der Waals surface area contributed by atoms with Crippen molar-refractivity contribution in [2.24, 2.45) is 0 Å². The maximum Gasteiger partial charge on any atom is 0.272 e. The van der Waals surface area contributed by atoms with Crippen LogP contribution in [-0.2, 0) is 6.42 Å². The Labute approximate surface area is 110 Å². The van der Waals surface area contributed by atoms with Crippen molar-refractivity contribution in [3.05, 3.63) is 75.8 Å². The molecule has 2 aromatic rings. The smallest absolute Gasteiger partial charge is 0.258 e. The highest BCUT2D eigenvalue weighted by Gasteiger charge is 2.16. The summed E-state index contributed by atoms with van der Waals surface area (Å²) in [4.78, 5) is 10.5. The fourth-order valence-electron chi connectivity index (χ4n) is 1.83. The summed E-state index contributed by atoms with van der Waals surface area (Å²) in [6, 6.07) is 16.3. The number of hydrogen-bond donors (Lipinski definition) is 0. The molecule has 18 heavy (non-hydrogen) atoms. The lowest BCUT2D eigenvalue weighted by molar-refractivity contribution is -0.385. The predicted molar refractivity (Wildman–Crippen MR) is 71.8 cm³/mol. The van der Waals surface area contributed by atoms with E-state index in [0.29, 0.717) is 12.0 Å². The highest BCUT2D eigenvalue weighted by Crippen LogP contribution is 2.28. The molecule has 0 N–H and O–H groups in total. The average Bonchev–Trinajstić information content (AvgIpc) is 2.40. The molecule has 0 aliphatic heterocycles. The third kappa shape index (κ3) is 2.87. The molecule has 92 valence electrons. The zero-order valence-corrected chi connectivity index (χ0v) is 10.4. The van der Waals surface area contributed by atoms with Gasteiger partial charge in [-0.3, -0.25) is 10.1 Å². The van der Waals surface area contributed by atoms with E-state index in [1.807, 2.05) is 30.3 Å². The summed E-state index contributed by atoms with van der Waals surface area (Å²) in [5.74, 6) is 0. The molecule has 0 spiro atoms. The number of hydrogen-bond acceptors (Lipinski definition) is 2. The number of halogens is 1. The second-order valence-corrected chi connectivity index (χ2v) is 4.49. The number of rotatable bonds is 4. The molecule has 0 aromatic heterocycles. The largest absolute Gasteiger partial charge is 0.272 e. The Bertz CT molecular complexity index is 543. The Balaban J connectivity index is 2.22. The number of nitrogens with zero attached hydrogens (tertiary/aromatic N) is 1. The van der Waals surface area contributed by atoms with Gasteiger partial charge in [-0.2, -0.15) is 0 Å². The minimum Gasteiger partial charge on any atom is -0.258 e. The first kappa shape index (κ1) is 12.6. The quantitative estimate of drug-likeness (QED) is 0.472. The highest BCUT2D eigenvalue weighted by molar-refractivity contribution is 6.20. The van der Waals surface area contributed by atoms with E-state index in [0.717, 1.165) is 5.56 Å². The van der Waals surface area contributed by atoms with Gasteiger partial charge in [-0.05, 0) is 12.0 Å². The summed E-state index contributed by atoms with van der Waals surface area (Å²) in [5.41, 5.74) is 1.75. The Kier molecular flexibility index (Phi) is 3.95. The van der Waals surface area contributed by atoms with Crippen LogP contribution in [0.15, 0.2) is 54.6 Å². The molecular weight excluding hydrogens is 250 g/mol. The van der Waals surface area contributed by atoms with Gasteiger partial charge in [-0.1, -0.05) is 48.5 Å². The van der Waals surface area contributed by atoms with E-state index >= 15 is 0 Å². The van der Waals surface area contributed by atoms with E-state index in [1.54, 1.807) is 18.2 Å². The molecule has 0 radical (unpaired) electrons. The van der Waals surface area contributed by atoms with E-state index in [1.165, 1.54) is 6.07 Å². The first-order valence-electron chi connectivity index (χ1n) is 5.60. The molecule has 0 amide bonds. The number of nitro groups is 1. The van der Waals surface area contributed by atoms with Gasteiger partial charge in [0.25, 0.3) is 5.69 Å². The first-order chi connectivity index (χ1) is 8.68. The maximum atomic E-state index is 10.9. The van der Waals surface area contributed by atoms with Crippen molar-refractivity contribution in [1.82, 2.24) is 0 Å². The minimum atomic E-state index is -0.371. The van der Waals surface area contributed by atoms with Crippen molar-refractivity contribution >= 4 is 17.3 Å². The standard InChI is InChI=1S/C14H12ClNO2/c15-13(11-6-2-1-3-7-11)10-12-8-4-5-9-14(12)16(17)18/h1-9,13H,10H2. The molecule has 2 rings (SSSR count). The van der Waals surface area contributed by atoms with Crippen LogP contribution in [0.25, 0.3) is 0 Å². The number of para-hydroxylation sites is 1. The summed E-state index contributed by atoms with van der Waals surface area (Å²) in [6.45, 7) is 0. The predicted octanol–water partition coefficient (Wildman–Crippen LogP) is 4.12. The summed E-state index contributed by atoms with van der Waals surface area (Å²) in [5, 5.41) is 10.6. The Morgan fingerprint density at radius 2 is 1.67 bits per heavy atom. The van der Waals surface area contributed by atoms with Gasteiger partial charge < -0.3 is 0 Å². The van der Waals surface area contributed by atoms with Gasteiger partial charge in [-0.25, -0.2) is 0 Å². The monoisotopic (exact) mass is 261 g/mol. The van der Waals surface area contributed by atoms with E-state index in [9.17, 15) is 10.1 Å². The van der Waals surface area contributed by atoms with Crippen LogP contribution < -0.4 is 0 Å². The molecule has 1 atom stereocenters. The second kappa shape index (κ2) is 5.65. The van der Waals surface area contributed by atoms with Gasteiger partial charge in [0.1, 0.15) is 0 Å². The van der Waals surface area contributed by atoms with Gasteiger partial charge >= 0.3 is 0 Å². The molecule has 0 saturated carbocycles. The van der Waals surface area contributed by atoms with Crippen molar-refractivity contribution in [1.29, 1.82) is 0 Å². The number of alkyl halides is 1. The lowest BCUT2D eigenvalue weighted by atomic mass is 10.0. The fraction of sp³-hybridized carbons (Fsp3) is 0.143. The van der Waals surface area contributed by atoms with Crippen molar-refractivity contribution in [2.45, 2.75) is 11.8 Å². The lowest BCUT2D eigenvalue weighted by Crippen LogP contribution is -2.00. The van der Waals surface area contributed by atoms with Gasteiger partial charge in [-0.15, -0.1) is 11.6 Å². The van der Waals surface area contributed by atoms with Crippen LogP contribution in [0.3, 0.4) is 0 Å². The molecule has 0 bridgehead atoms. The van der Waals surface area contributed by atoms with E-state index in [4.69, 9.17) is 11.6 Å². The Morgan fingerprint density at radius 1 is 1.06 bits per heavy atom. The van der Waals surface area contributed by atoms with Crippen LogP contribution in [0.5, 0.6) is 0 Å². The lowest BCUT2D eigenvalue weighted by Gasteiger charge is -2.09. The van der Waals surface area contributed by atoms with E-state index in [-0.39, 0.29) is 16.0 Å². The van der Waals surface area contributed by atoms with Crippen LogP contribution >= 0.6 is 11.6 Å². The van der Waals surface area contributed by atoms with Gasteiger partial charge in [0, 0.05) is 11.6 Å². The average molecular weight is 262 g/mol. The van der Waals surface area contributed by atoms with Crippen molar-refractivity contribution in [2.75, 3.05) is 0 Å². The molecule has 0 heterocycles. The number of benzene rings is 2. The van der Waals surface area contributed by atoms with Crippen molar-refractivity contribution in [3.8, 4) is 0 Å². The molecule has 1 unspecified atom stereocenters. The SMILES string of the molecule is O=[N+]([O-])c1ccccc1CC(Cl)c1ccccc1. The van der Waals surface area contributed by atoms with E-state index < -0.39 is 0 Å². The third-order valence-electron chi connectivity index (χ3n) is 2.75. The zero-order valence-electron chi connectivity index (χ0n) is 9.62. The van der Waals surface area contributed by atoms with Crippen LogP contribution in [0.1, 0.15) is 16.5 Å². The van der Waals surface area contributed by atoms with Crippen LogP contribution in [0.4, 0.5) is 5.69 Å². The Hall–Kier alpha value is -1.87. The molecule has 0 aliphatic rings. The van der Waals surface area contributed by atoms with Crippen LogP contribution in [-0.4, -0.2) is 4.92 Å². The normalized spacial score (nSPS) is 12.1. The second-order valence-electron chi connectivity index (χ2n) is 3.97. The molecule has 0 fully saturated rings. The first-order valence-corrected chi connectivity index (χ1v) is 6.03. The topological polar surface area (TPSA) is 43.1 Å².